The number of hydrogen-bond acceptors (Lipinski definition) is 3. The maximum atomic E-state index is 5.18. The molecule has 0 fully saturated rings. The lowest BCUT2D eigenvalue weighted by atomic mass is 10.1. The molecule has 0 unspecified atom stereocenters. The van der Waals surface area contributed by atoms with Gasteiger partial charge in [0, 0.05) is 24.0 Å². The van der Waals surface area contributed by atoms with Crippen LogP contribution in [0.2, 0.25) is 0 Å². The molecule has 0 aliphatic rings. The molecule has 2 rings (SSSR count). The van der Waals surface area contributed by atoms with Gasteiger partial charge in [-0.1, -0.05) is 6.07 Å². The SMILES string of the molecule is CNCCc1ccc2cc(OC)ccc2n1. The Bertz CT molecular complexity index is 482. The van der Waals surface area contributed by atoms with Gasteiger partial charge in [-0.15, -0.1) is 0 Å². The smallest absolute Gasteiger partial charge is 0.119 e. The van der Waals surface area contributed by atoms with Crippen LogP contribution in [0.15, 0.2) is 30.3 Å². The summed E-state index contributed by atoms with van der Waals surface area (Å²) in [6.07, 6.45) is 0.957. The van der Waals surface area contributed by atoms with Crippen molar-refractivity contribution in [3.05, 3.63) is 36.0 Å². The van der Waals surface area contributed by atoms with Crippen molar-refractivity contribution in [2.75, 3.05) is 20.7 Å². The van der Waals surface area contributed by atoms with Crippen LogP contribution in [-0.4, -0.2) is 25.7 Å². The third kappa shape index (κ3) is 2.31. The average molecular weight is 216 g/mol. The molecule has 3 heteroatoms. The lowest BCUT2D eigenvalue weighted by molar-refractivity contribution is 0.415. The number of hydrogen-bond donors (Lipinski definition) is 1. The third-order valence-corrected chi connectivity index (χ3v) is 2.59. The lowest BCUT2D eigenvalue weighted by Gasteiger charge is -2.04. The van der Waals surface area contributed by atoms with Crippen LogP contribution >= 0.6 is 0 Å². The van der Waals surface area contributed by atoms with Crippen LogP contribution in [0.4, 0.5) is 0 Å². The molecule has 1 N–H and O–H groups in total. The maximum Gasteiger partial charge on any atom is 0.119 e. The second-order valence-electron chi connectivity index (χ2n) is 3.71. The van der Waals surface area contributed by atoms with Gasteiger partial charge >= 0.3 is 0 Å². The summed E-state index contributed by atoms with van der Waals surface area (Å²) in [6, 6.07) is 10.1. The maximum absolute atomic E-state index is 5.18. The predicted molar refractivity (Wildman–Crippen MR) is 65.9 cm³/mol. The molecule has 2 aromatic rings. The number of pyridine rings is 1. The van der Waals surface area contributed by atoms with Gasteiger partial charge in [0.05, 0.1) is 12.6 Å². The van der Waals surface area contributed by atoms with E-state index < -0.39 is 0 Å². The number of benzene rings is 1. The van der Waals surface area contributed by atoms with Crippen LogP contribution in [0.3, 0.4) is 0 Å². The van der Waals surface area contributed by atoms with Crippen molar-refractivity contribution in [3.8, 4) is 5.75 Å². The first-order valence-corrected chi connectivity index (χ1v) is 5.42. The molecule has 0 amide bonds. The van der Waals surface area contributed by atoms with Gasteiger partial charge in [-0.2, -0.15) is 0 Å². The monoisotopic (exact) mass is 216 g/mol. The zero-order chi connectivity index (χ0) is 11.4. The molecule has 0 aliphatic heterocycles. The van der Waals surface area contributed by atoms with E-state index in [0.717, 1.165) is 35.3 Å². The first kappa shape index (κ1) is 10.9. The lowest BCUT2D eigenvalue weighted by Crippen LogP contribution is -2.11. The second-order valence-corrected chi connectivity index (χ2v) is 3.71. The van der Waals surface area contributed by atoms with Crippen molar-refractivity contribution >= 4 is 10.9 Å². The van der Waals surface area contributed by atoms with Gasteiger partial charge in [-0.05, 0) is 31.3 Å². The number of methoxy groups -OCH3 is 1. The Morgan fingerprint density at radius 2 is 2.12 bits per heavy atom. The number of likely N-dealkylation sites (N-methyl/N-ethyl adjacent to an activating group) is 1. The fraction of sp³-hybridized carbons (Fsp3) is 0.308. The van der Waals surface area contributed by atoms with Crippen LogP contribution in [0.1, 0.15) is 5.69 Å². The van der Waals surface area contributed by atoms with Gasteiger partial charge in [0.2, 0.25) is 0 Å². The average Bonchev–Trinajstić information content (AvgIpc) is 2.35. The van der Waals surface area contributed by atoms with Gasteiger partial charge in [0.25, 0.3) is 0 Å². The highest BCUT2D eigenvalue weighted by molar-refractivity contribution is 5.80. The Balaban J connectivity index is 2.32. The van der Waals surface area contributed by atoms with E-state index >= 15 is 0 Å². The normalized spacial score (nSPS) is 10.6. The molecule has 0 saturated heterocycles. The summed E-state index contributed by atoms with van der Waals surface area (Å²) in [7, 11) is 3.63. The van der Waals surface area contributed by atoms with E-state index in [1.165, 1.54) is 0 Å². The molecule has 0 aliphatic carbocycles. The fourth-order valence-electron chi connectivity index (χ4n) is 1.67. The van der Waals surface area contributed by atoms with E-state index in [-0.39, 0.29) is 0 Å². The van der Waals surface area contributed by atoms with Crippen molar-refractivity contribution in [1.82, 2.24) is 10.3 Å². The van der Waals surface area contributed by atoms with Crippen LogP contribution in [-0.2, 0) is 6.42 Å². The van der Waals surface area contributed by atoms with Gasteiger partial charge in [-0.3, -0.25) is 4.98 Å². The number of aromatic nitrogens is 1. The van der Waals surface area contributed by atoms with Crippen LogP contribution < -0.4 is 10.1 Å². The Morgan fingerprint density at radius 3 is 2.88 bits per heavy atom. The molecule has 0 atom stereocenters. The quantitative estimate of drug-likeness (QED) is 0.848. The molecule has 3 nitrogen and oxygen atoms in total. The summed E-state index contributed by atoms with van der Waals surface area (Å²) in [5.74, 6) is 0.872. The minimum Gasteiger partial charge on any atom is -0.497 e. The Kier molecular flexibility index (Phi) is 3.37. The van der Waals surface area contributed by atoms with Crippen molar-refractivity contribution in [3.63, 3.8) is 0 Å². The van der Waals surface area contributed by atoms with Crippen molar-refractivity contribution in [2.24, 2.45) is 0 Å². The van der Waals surface area contributed by atoms with Gasteiger partial charge in [-0.25, -0.2) is 0 Å². The second kappa shape index (κ2) is 4.94. The number of rotatable bonds is 4. The van der Waals surface area contributed by atoms with Crippen molar-refractivity contribution in [2.45, 2.75) is 6.42 Å². The first-order valence-electron chi connectivity index (χ1n) is 5.42. The molecule has 0 bridgehead atoms. The number of fused-ring (bicyclic) bond motifs is 1. The van der Waals surface area contributed by atoms with Crippen molar-refractivity contribution < 1.29 is 4.74 Å². The third-order valence-electron chi connectivity index (χ3n) is 2.59. The zero-order valence-electron chi connectivity index (χ0n) is 9.66. The molecule has 16 heavy (non-hydrogen) atoms. The van der Waals surface area contributed by atoms with E-state index in [4.69, 9.17) is 4.74 Å². The molecule has 0 saturated carbocycles. The predicted octanol–water partition coefficient (Wildman–Crippen LogP) is 2.01. The fourth-order valence-corrected chi connectivity index (χ4v) is 1.67. The van der Waals surface area contributed by atoms with E-state index in [1.54, 1.807) is 7.11 Å². The summed E-state index contributed by atoms with van der Waals surface area (Å²) >= 11 is 0. The molecule has 1 aromatic heterocycles. The Hall–Kier alpha value is -1.61. The van der Waals surface area contributed by atoms with Crippen LogP contribution in [0.5, 0.6) is 5.75 Å². The summed E-state index contributed by atoms with van der Waals surface area (Å²) in [5, 5.41) is 4.24. The topological polar surface area (TPSA) is 34.1 Å². The number of nitrogens with zero attached hydrogens (tertiary/aromatic N) is 1. The highest BCUT2D eigenvalue weighted by atomic mass is 16.5. The summed E-state index contributed by atoms with van der Waals surface area (Å²) in [4.78, 5) is 4.59. The standard InChI is InChI=1S/C13H16N2O/c1-14-8-7-11-4-3-10-9-12(16-2)5-6-13(10)15-11/h3-6,9,14H,7-8H2,1-2H3. The molecule has 1 aromatic carbocycles. The van der Waals surface area contributed by atoms with Gasteiger partial charge < -0.3 is 10.1 Å². The van der Waals surface area contributed by atoms with E-state index in [1.807, 2.05) is 25.2 Å². The molecule has 0 spiro atoms. The summed E-state index contributed by atoms with van der Waals surface area (Å²) in [6.45, 7) is 0.953. The molecule has 84 valence electrons. The minimum absolute atomic E-state index is 0.872. The highest BCUT2D eigenvalue weighted by Crippen LogP contribution is 2.19. The number of ether oxygens (including phenoxy) is 1. The van der Waals surface area contributed by atoms with Gasteiger partial charge in [0.15, 0.2) is 0 Å². The first-order chi connectivity index (χ1) is 7.83. The number of nitrogens with one attached hydrogen (secondary N) is 1. The summed E-state index contributed by atoms with van der Waals surface area (Å²) in [5.41, 5.74) is 2.14. The van der Waals surface area contributed by atoms with E-state index in [9.17, 15) is 0 Å². The van der Waals surface area contributed by atoms with Crippen LogP contribution in [0, 0.1) is 0 Å². The van der Waals surface area contributed by atoms with E-state index in [2.05, 4.69) is 22.4 Å². The Morgan fingerprint density at radius 1 is 1.25 bits per heavy atom. The van der Waals surface area contributed by atoms with Gasteiger partial charge in [0.1, 0.15) is 5.75 Å². The molecular weight excluding hydrogens is 200 g/mol. The molecule has 1 heterocycles. The van der Waals surface area contributed by atoms with Crippen LogP contribution in [0.25, 0.3) is 10.9 Å². The summed E-state index contributed by atoms with van der Waals surface area (Å²) < 4.78 is 5.18. The largest absolute Gasteiger partial charge is 0.497 e. The Labute approximate surface area is 95.5 Å². The minimum atomic E-state index is 0.872. The van der Waals surface area contributed by atoms with Crippen molar-refractivity contribution in [1.29, 1.82) is 0 Å². The molecule has 0 radical (unpaired) electrons. The zero-order valence-corrected chi connectivity index (χ0v) is 9.66. The molecular formula is C13H16N2O. The van der Waals surface area contributed by atoms with E-state index in [0.29, 0.717) is 0 Å². The highest BCUT2D eigenvalue weighted by Gasteiger charge is 1.99.